The molecule has 1 aliphatic carbocycles. The number of phenolic OH excluding ortho intramolecular Hbond substituents is 1. The van der Waals surface area contributed by atoms with Gasteiger partial charge in [-0.3, -0.25) is 9.97 Å². The average molecular weight is 379 g/mol. The van der Waals surface area contributed by atoms with Gasteiger partial charge in [-0.25, -0.2) is 4.39 Å². The van der Waals surface area contributed by atoms with E-state index in [2.05, 4.69) is 20.2 Å². The van der Waals surface area contributed by atoms with Crippen LogP contribution in [0.1, 0.15) is 25.7 Å². The minimum absolute atomic E-state index is 0.0923. The first-order valence-electron chi connectivity index (χ1n) is 9.44. The minimum atomic E-state index is -0.835. The van der Waals surface area contributed by atoms with Crippen LogP contribution in [-0.2, 0) is 0 Å². The second-order valence-corrected chi connectivity index (χ2v) is 7.08. The van der Waals surface area contributed by atoms with Gasteiger partial charge in [-0.15, -0.1) is 10.2 Å². The molecule has 0 radical (unpaired) electrons. The smallest absolute Gasteiger partial charge is 0.151 e. The Bertz CT molecular complexity index is 935. The standard InChI is InChI=1S/C21H22FN5O/c1-27(19-5-3-2-4-16(19)22)21-9-8-17(25-26-21)15-7-6-14(12-20(15)28)18-13-23-10-11-24-18/h6-13,16,19,28H,2-5H2,1H3/t16-,19+/m0/s1. The van der Waals surface area contributed by atoms with Gasteiger partial charge in [0.2, 0.25) is 0 Å². The van der Waals surface area contributed by atoms with Gasteiger partial charge in [0.05, 0.1) is 23.6 Å². The third-order valence-electron chi connectivity index (χ3n) is 5.29. The lowest BCUT2D eigenvalue weighted by molar-refractivity contribution is 0.213. The number of halogens is 1. The molecule has 0 saturated heterocycles. The molecule has 4 rings (SSSR count). The zero-order valence-electron chi connectivity index (χ0n) is 15.7. The Labute approximate surface area is 163 Å². The lowest BCUT2D eigenvalue weighted by Crippen LogP contribution is -2.41. The van der Waals surface area contributed by atoms with Crippen LogP contribution in [0.3, 0.4) is 0 Å². The van der Waals surface area contributed by atoms with Crippen LogP contribution >= 0.6 is 0 Å². The van der Waals surface area contributed by atoms with E-state index in [1.807, 2.05) is 24.1 Å². The number of aromatic hydroxyl groups is 1. The van der Waals surface area contributed by atoms with Crippen LogP contribution in [0.4, 0.5) is 10.2 Å². The predicted octanol–water partition coefficient (Wildman–Crippen LogP) is 4.02. The summed E-state index contributed by atoms with van der Waals surface area (Å²) in [5, 5.41) is 19.0. The first kappa shape index (κ1) is 18.3. The number of rotatable bonds is 4. The van der Waals surface area contributed by atoms with E-state index in [-0.39, 0.29) is 11.8 Å². The highest BCUT2D eigenvalue weighted by Gasteiger charge is 2.29. The summed E-state index contributed by atoms with van der Waals surface area (Å²) >= 11 is 0. The second kappa shape index (κ2) is 7.88. The minimum Gasteiger partial charge on any atom is -0.507 e. The summed E-state index contributed by atoms with van der Waals surface area (Å²) in [6.07, 6.45) is 7.42. The maximum absolute atomic E-state index is 14.2. The van der Waals surface area contributed by atoms with Gasteiger partial charge in [0, 0.05) is 30.6 Å². The summed E-state index contributed by atoms with van der Waals surface area (Å²) in [4.78, 5) is 10.2. The van der Waals surface area contributed by atoms with E-state index in [4.69, 9.17) is 0 Å². The number of hydrogen-bond acceptors (Lipinski definition) is 6. The van der Waals surface area contributed by atoms with Crippen LogP contribution in [-0.4, -0.2) is 44.5 Å². The first-order valence-corrected chi connectivity index (χ1v) is 9.44. The molecular formula is C21H22FN5O. The van der Waals surface area contributed by atoms with E-state index in [0.29, 0.717) is 29.2 Å². The van der Waals surface area contributed by atoms with Crippen molar-refractivity contribution in [2.24, 2.45) is 0 Å². The van der Waals surface area contributed by atoms with Gasteiger partial charge >= 0.3 is 0 Å². The fourth-order valence-corrected chi connectivity index (χ4v) is 3.68. The first-order chi connectivity index (χ1) is 13.6. The normalized spacial score (nSPS) is 19.4. The number of hydrogen-bond donors (Lipinski definition) is 1. The average Bonchev–Trinajstić information content (AvgIpc) is 2.74. The molecule has 0 aliphatic heterocycles. The van der Waals surface area contributed by atoms with Crippen LogP contribution in [0.25, 0.3) is 22.5 Å². The summed E-state index contributed by atoms with van der Waals surface area (Å²) in [7, 11) is 1.86. The number of aromatic nitrogens is 4. The van der Waals surface area contributed by atoms with Crippen molar-refractivity contribution in [3.8, 4) is 28.3 Å². The zero-order chi connectivity index (χ0) is 19.5. The predicted molar refractivity (Wildman–Crippen MR) is 106 cm³/mol. The molecule has 1 aromatic carbocycles. The molecular weight excluding hydrogens is 357 g/mol. The Hall–Kier alpha value is -3.09. The van der Waals surface area contributed by atoms with Gasteiger partial charge in [0.25, 0.3) is 0 Å². The molecule has 2 heterocycles. The lowest BCUT2D eigenvalue weighted by Gasteiger charge is -2.34. The molecule has 1 N–H and O–H groups in total. The second-order valence-electron chi connectivity index (χ2n) is 7.08. The van der Waals surface area contributed by atoms with E-state index in [9.17, 15) is 9.50 Å². The molecule has 6 nitrogen and oxygen atoms in total. The number of anilines is 1. The van der Waals surface area contributed by atoms with Gasteiger partial charge in [0.1, 0.15) is 11.9 Å². The van der Waals surface area contributed by atoms with Crippen molar-refractivity contribution in [3.63, 3.8) is 0 Å². The largest absolute Gasteiger partial charge is 0.507 e. The van der Waals surface area contributed by atoms with Crippen molar-refractivity contribution in [2.45, 2.75) is 37.9 Å². The Kier molecular flexibility index (Phi) is 5.14. The van der Waals surface area contributed by atoms with Crippen molar-refractivity contribution in [3.05, 3.63) is 48.9 Å². The molecule has 144 valence electrons. The Morgan fingerprint density at radius 3 is 2.57 bits per heavy atom. The summed E-state index contributed by atoms with van der Waals surface area (Å²) in [6, 6.07) is 8.73. The summed E-state index contributed by atoms with van der Waals surface area (Å²) < 4.78 is 14.2. The molecule has 1 saturated carbocycles. The van der Waals surface area contributed by atoms with Crippen LogP contribution < -0.4 is 4.90 Å². The van der Waals surface area contributed by atoms with Crippen molar-refractivity contribution in [1.82, 2.24) is 20.2 Å². The third kappa shape index (κ3) is 3.65. The molecule has 3 aromatic rings. The van der Waals surface area contributed by atoms with Gasteiger partial charge in [-0.1, -0.05) is 18.9 Å². The van der Waals surface area contributed by atoms with Crippen molar-refractivity contribution < 1.29 is 9.50 Å². The molecule has 0 amide bonds. The van der Waals surface area contributed by atoms with Gasteiger partial charge in [-0.2, -0.15) is 0 Å². The lowest BCUT2D eigenvalue weighted by atomic mass is 9.92. The molecule has 28 heavy (non-hydrogen) atoms. The van der Waals surface area contributed by atoms with E-state index < -0.39 is 6.17 Å². The molecule has 1 aliphatic rings. The molecule has 1 fully saturated rings. The monoisotopic (exact) mass is 379 g/mol. The highest BCUT2D eigenvalue weighted by molar-refractivity contribution is 5.72. The maximum Gasteiger partial charge on any atom is 0.151 e. The molecule has 0 spiro atoms. The third-order valence-corrected chi connectivity index (χ3v) is 5.29. The van der Waals surface area contributed by atoms with Crippen molar-refractivity contribution in [1.29, 1.82) is 0 Å². The van der Waals surface area contributed by atoms with Crippen LogP contribution in [0, 0.1) is 0 Å². The molecule has 2 atom stereocenters. The van der Waals surface area contributed by atoms with Gasteiger partial charge < -0.3 is 10.0 Å². The molecule has 0 bridgehead atoms. The number of benzene rings is 1. The fraction of sp³-hybridized carbons (Fsp3) is 0.333. The highest BCUT2D eigenvalue weighted by Crippen LogP contribution is 2.32. The summed E-state index contributed by atoms with van der Waals surface area (Å²) in [5.74, 6) is 0.726. The van der Waals surface area contributed by atoms with Crippen molar-refractivity contribution in [2.75, 3.05) is 11.9 Å². The topological polar surface area (TPSA) is 75.0 Å². The van der Waals surface area contributed by atoms with Crippen LogP contribution in [0.5, 0.6) is 5.75 Å². The molecule has 7 heteroatoms. The fourth-order valence-electron chi connectivity index (χ4n) is 3.68. The Morgan fingerprint density at radius 1 is 1.04 bits per heavy atom. The zero-order valence-corrected chi connectivity index (χ0v) is 15.7. The molecule has 0 unspecified atom stereocenters. The van der Waals surface area contributed by atoms with E-state index in [1.54, 1.807) is 36.8 Å². The van der Waals surface area contributed by atoms with E-state index in [1.165, 1.54) is 0 Å². The maximum atomic E-state index is 14.2. The van der Waals surface area contributed by atoms with Crippen LogP contribution in [0.2, 0.25) is 0 Å². The van der Waals surface area contributed by atoms with Gasteiger partial charge in [-0.05, 0) is 37.1 Å². The van der Waals surface area contributed by atoms with Crippen LogP contribution in [0.15, 0.2) is 48.9 Å². The molecule has 2 aromatic heterocycles. The quantitative estimate of drug-likeness (QED) is 0.738. The Balaban J connectivity index is 1.55. The van der Waals surface area contributed by atoms with E-state index in [0.717, 1.165) is 24.8 Å². The Morgan fingerprint density at radius 2 is 1.89 bits per heavy atom. The van der Waals surface area contributed by atoms with E-state index >= 15 is 0 Å². The number of phenols is 1. The van der Waals surface area contributed by atoms with Crippen molar-refractivity contribution >= 4 is 5.82 Å². The summed E-state index contributed by atoms with van der Waals surface area (Å²) in [6.45, 7) is 0. The SMILES string of the molecule is CN(c1ccc(-c2ccc(-c3cnccn3)cc2O)nn1)[C@@H]1CCCC[C@@H]1F. The number of alkyl halides is 1. The highest BCUT2D eigenvalue weighted by atomic mass is 19.1. The summed E-state index contributed by atoms with van der Waals surface area (Å²) in [5.41, 5.74) is 2.58. The van der Waals surface area contributed by atoms with Gasteiger partial charge in [0.15, 0.2) is 5.82 Å². The number of nitrogens with zero attached hydrogens (tertiary/aromatic N) is 5.